The first-order chi connectivity index (χ1) is 8.61. The number of likely N-dealkylation sites (tertiary alicyclic amines) is 1. The number of carbonyl (C=O) groups is 1. The zero-order chi connectivity index (χ0) is 13.1. The van der Waals surface area contributed by atoms with Crippen LogP contribution in [0.25, 0.3) is 0 Å². The van der Waals surface area contributed by atoms with Crippen LogP contribution in [0.3, 0.4) is 0 Å². The van der Waals surface area contributed by atoms with Gasteiger partial charge >= 0.3 is 5.97 Å². The van der Waals surface area contributed by atoms with Crippen molar-refractivity contribution >= 4 is 5.97 Å². The minimum absolute atomic E-state index is 0.140. The van der Waals surface area contributed by atoms with Crippen molar-refractivity contribution in [3.8, 4) is 0 Å². The summed E-state index contributed by atoms with van der Waals surface area (Å²) in [6.07, 6.45) is 1.18. The molecule has 1 aliphatic heterocycles. The molecule has 0 bridgehead atoms. The van der Waals surface area contributed by atoms with E-state index in [1.54, 1.807) is 0 Å². The van der Waals surface area contributed by atoms with Crippen LogP contribution in [0.5, 0.6) is 0 Å². The molecule has 18 heavy (non-hydrogen) atoms. The number of hydrogen-bond acceptors (Lipinski definition) is 3. The van der Waals surface area contributed by atoms with E-state index in [1.807, 2.05) is 24.3 Å². The molecule has 0 aromatic heterocycles. The van der Waals surface area contributed by atoms with Crippen LogP contribution in [0.4, 0.5) is 0 Å². The van der Waals surface area contributed by atoms with Gasteiger partial charge in [-0.25, -0.2) is 0 Å². The number of benzene rings is 1. The zero-order valence-electron chi connectivity index (χ0n) is 10.7. The van der Waals surface area contributed by atoms with Crippen LogP contribution in [-0.4, -0.2) is 42.7 Å². The molecule has 0 saturated carbocycles. The van der Waals surface area contributed by atoms with Gasteiger partial charge in [-0.05, 0) is 37.1 Å². The molecule has 1 heterocycles. The van der Waals surface area contributed by atoms with E-state index >= 15 is 0 Å². The van der Waals surface area contributed by atoms with Crippen LogP contribution in [0, 0.1) is 0 Å². The Hall–Kier alpha value is -1.39. The number of nitrogens with two attached hydrogens (primary N) is 1. The van der Waals surface area contributed by atoms with Gasteiger partial charge in [-0.15, -0.1) is 0 Å². The average Bonchev–Trinajstić information content (AvgIpc) is 2.77. The SMILES string of the molecule is CN1CCC(c2ccc(C(CN)C(=O)O)cc2)C1. The summed E-state index contributed by atoms with van der Waals surface area (Å²) < 4.78 is 0. The van der Waals surface area contributed by atoms with Crippen molar-refractivity contribution in [1.29, 1.82) is 0 Å². The third-order valence-corrected chi connectivity index (χ3v) is 3.74. The molecule has 1 aromatic carbocycles. The summed E-state index contributed by atoms with van der Waals surface area (Å²) in [5.74, 6) is -0.874. The van der Waals surface area contributed by atoms with Gasteiger partial charge in [0.2, 0.25) is 0 Å². The molecule has 2 atom stereocenters. The summed E-state index contributed by atoms with van der Waals surface area (Å²) in [7, 11) is 2.13. The van der Waals surface area contributed by atoms with Crippen LogP contribution in [0.1, 0.15) is 29.4 Å². The Balaban J connectivity index is 2.12. The van der Waals surface area contributed by atoms with Gasteiger partial charge in [0.15, 0.2) is 0 Å². The monoisotopic (exact) mass is 248 g/mol. The van der Waals surface area contributed by atoms with E-state index in [-0.39, 0.29) is 6.54 Å². The quantitative estimate of drug-likeness (QED) is 0.841. The molecular formula is C14H20N2O2. The van der Waals surface area contributed by atoms with Gasteiger partial charge in [0.1, 0.15) is 0 Å². The lowest BCUT2D eigenvalue weighted by molar-refractivity contribution is -0.138. The number of nitrogens with zero attached hydrogens (tertiary/aromatic N) is 1. The Kier molecular flexibility index (Phi) is 3.99. The molecule has 0 spiro atoms. The van der Waals surface area contributed by atoms with Crippen molar-refractivity contribution in [1.82, 2.24) is 4.90 Å². The molecule has 4 nitrogen and oxygen atoms in total. The largest absolute Gasteiger partial charge is 0.481 e. The van der Waals surface area contributed by atoms with Crippen molar-refractivity contribution < 1.29 is 9.90 Å². The highest BCUT2D eigenvalue weighted by Crippen LogP contribution is 2.27. The summed E-state index contributed by atoms with van der Waals surface area (Å²) in [5, 5.41) is 9.06. The van der Waals surface area contributed by atoms with Gasteiger partial charge in [-0.1, -0.05) is 24.3 Å². The van der Waals surface area contributed by atoms with Crippen LogP contribution < -0.4 is 5.73 Å². The molecule has 4 heteroatoms. The second-order valence-corrected chi connectivity index (χ2v) is 5.04. The first-order valence-corrected chi connectivity index (χ1v) is 6.33. The maximum Gasteiger partial charge on any atom is 0.312 e. The minimum Gasteiger partial charge on any atom is -0.481 e. The van der Waals surface area contributed by atoms with Crippen molar-refractivity contribution in [3.05, 3.63) is 35.4 Å². The Bertz CT molecular complexity index is 416. The number of rotatable bonds is 4. The summed E-state index contributed by atoms with van der Waals surface area (Å²) in [6, 6.07) is 7.90. The highest BCUT2D eigenvalue weighted by Gasteiger charge is 2.22. The third kappa shape index (κ3) is 2.71. The van der Waals surface area contributed by atoms with Crippen LogP contribution in [0.2, 0.25) is 0 Å². The van der Waals surface area contributed by atoms with E-state index in [0.29, 0.717) is 5.92 Å². The van der Waals surface area contributed by atoms with Crippen LogP contribution in [-0.2, 0) is 4.79 Å². The lowest BCUT2D eigenvalue weighted by Gasteiger charge is -2.14. The molecule has 0 aliphatic carbocycles. The summed E-state index contributed by atoms with van der Waals surface area (Å²) in [4.78, 5) is 13.3. The maximum atomic E-state index is 11.0. The van der Waals surface area contributed by atoms with Crippen molar-refractivity contribution in [2.45, 2.75) is 18.3 Å². The minimum atomic E-state index is -0.856. The number of aliphatic carboxylic acids is 1. The number of carboxylic acids is 1. The highest BCUT2D eigenvalue weighted by molar-refractivity contribution is 5.76. The lowest BCUT2D eigenvalue weighted by atomic mass is 9.93. The second kappa shape index (κ2) is 5.50. The fourth-order valence-corrected chi connectivity index (χ4v) is 2.59. The first-order valence-electron chi connectivity index (χ1n) is 6.33. The Morgan fingerprint density at radius 2 is 2.17 bits per heavy atom. The van der Waals surface area contributed by atoms with Gasteiger partial charge in [0.25, 0.3) is 0 Å². The Morgan fingerprint density at radius 1 is 1.50 bits per heavy atom. The fourth-order valence-electron chi connectivity index (χ4n) is 2.59. The molecule has 0 radical (unpaired) electrons. The Labute approximate surface area is 107 Å². The normalized spacial score (nSPS) is 22.0. The molecule has 0 amide bonds. The predicted octanol–water partition coefficient (Wildman–Crippen LogP) is 1.23. The second-order valence-electron chi connectivity index (χ2n) is 5.04. The van der Waals surface area contributed by atoms with Crippen LogP contribution in [0.15, 0.2) is 24.3 Å². The van der Waals surface area contributed by atoms with E-state index in [2.05, 4.69) is 11.9 Å². The third-order valence-electron chi connectivity index (χ3n) is 3.74. The number of likely N-dealkylation sites (N-methyl/N-ethyl adjacent to an activating group) is 1. The zero-order valence-corrected chi connectivity index (χ0v) is 10.7. The number of hydrogen-bond donors (Lipinski definition) is 2. The van der Waals surface area contributed by atoms with Crippen molar-refractivity contribution in [3.63, 3.8) is 0 Å². The topological polar surface area (TPSA) is 66.6 Å². The molecule has 2 unspecified atom stereocenters. The Morgan fingerprint density at radius 3 is 2.61 bits per heavy atom. The van der Waals surface area contributed by atoms with Gasteiger partial charge in [0, 0.05) is 13.1 Å². The van der Waals surface area contributed by atoms with Crippen LogP contribution >= 0.6 is 0 Å². The van der Waals surface area contributed by atoms with E-state index in [1.165, 1.54) is 12.0 Å². The standard InChI is InChI=1S/C14H20N2O2/c1-16-7-6-12(9-16)10-2-4-11(5-3-10)13(8-15)14(17)18/h2-5,12-13H,6-9,15H2,1H3,(H,17,18). The summed E-state index contributed by atoms with van der Waals surface area (Å²) in [6.45, 7) is 2.35. The van der Waals surface area contributed by atoms with E-state index < -0.39 is 11.9 Å². The molecule has 98 valence electrons. The average molecular weight is 248 g/mol. The van der Waals surface area contributed by atoms with Gasteiger partial charge in [-0.2, -0.15) is 0 Å². The predicted molar refractivity (Wildman–Crippen MR) is 70.7 cm³/mol. The molecule has 1 fully saturated rings. The van der Waals surface area contributed by atoms with Crippen molar-refractivity contribution in [2.75, 3.05) is 26.7 Å². The van der Waals surface area contributed by atoms with Gasteiger partial charge < -0.3 is 15.7 Å². The van der Waals surface area contributed by atoms with Gasteiger partial charge in [0.05, 0.1) is 5.92 Å². The smallest absolute Gasteiger partial charge is 0.312 e. The highest BCUT2D eigenvalue weighted by atomic mass is 16.4. The maximum absolute atomic E-state index is 11.0. The van der Waals surface area contributed by atoms with E-state index in [4.69, 9.17) is 10.8 Å². The molecule has 1 aromatic rings. The first kappa shape index (κ1) is 13.1. The number of carboxylic acid groups (broad SMARTS) is 1. The fraction of sp³-hybridized carbons (Fsp3) is 0.500. The van der Waals surface area contributed by atoms with E-state index in [0.717, 1.165) is 18.7 Å². The molecule has 1 saturated heterocycles. The molecular weight excluding hydrogens is 228 g/mol. The van der Waals surface area contributed by atoms with Crippen molar-refractivity contribution in [2.24, 2.45) is 5.73 Å². The van der Waals surface area contributed by atoms with Gasteiger partial charge in [-0.3, -0.25) is 4.79 Å². The molecule has 1 aliphatic rings. The summed E-state index contributed by atoms with van der Waals surface area (Å²) in [5.41, 5.74) is 7.58. The molecule has 2 rings (SSSR count). The lowest BCUT2D eigenvalue weighted by Crippen LogP contribution is -2.21. The molecule has 3 N–H and O–H groups in total. The van der Waals surface area contributed by atoms with E-state index in [9.17, 15) is 4.79 Å². The summed E-state index contributed by atoms with van der Waals surface area (Å²) >= 11 is 0.